The summed E-state index contributed by atoms with van der Waals surface area (Å²) < 4.78 is 5.33. The summed E-state index contributed by atoms with van der Waals surface area (Å²) in [6, 6.07) is 0. The van der Waals surface area contributed by atoms with E-state index in [1.807, 2.05) is 7.11 Å². The lowest BCUT2D eigenvalue weighted by Crippen LogP contribution is -2.40. The summed E-state index contributed by atoms with van der Waals surface area (Å²) in [4.78, 5) is 0. The van der Waals surface area contributed by atoms with Gasteiger partial charge in [-0.25, -0.2) is 0 Å². The van der Waals surface area contributed by atoms with Gasteiger partial charge in [0.25, 0.3) is 0 Å². The molecule has 0 bridgehead atoms. The van der Waals surface area contributed by atoms with E-state index >= 15 is 0 Å². The van der Waals surface area contributed by atoms with Crippen LogP contribution in [0.25, 0.3) is 0 Å². The van der Waals surface area contributed by atoms with Crippen LogP contribution in [-0.4, -0.2) is 13.7 Å². The van der Waals surface area contributed by atoms with E-state index < -0.39 is 0 Å². The third-order valence-electron chi connectivity index (χ3n) is 4.10. The van der Waals surface area contributed by atoms with Gasteiger partial charge in [-0.15, -0.1) is 0 Å². The third kappa shape index (κ3) is 2.25. The van der Waals surface area contributed by atoms with E-state index in [-0.39, 0.29) is 0 Å². The molecule has 1 nitrogen and oxygen atoms in total. The van der Waals surface area contributed by atoms with Crippen molar-refractivity contribution in [2.24, 2.45) is 10.8 Å². The zero-order valence-corrected chi connectivity index (χ0v) is 9.65. The highest BCUT2D eigenvalue weighted by Gasteiger charge is 2.41. The van der Waals surface area contributed by atoms with Crippen LogP contribution in [0, 0.1) is 10.8 Å². The van der Waals surface area contributed by atoms with Gasteiger partial charge in [0.05, 0.1) is 6.61 Å². The molecule has 0 aliphatic heterocycles. The predicted molar refractivity (Wildman–Crippen MR) is 56.8 cm³/mol. The molecule has 0 saturated heterocycles. The lowest BCUT2D eigenvalue weighted by atomic mass is 9.60. The van der Waals surface area contributed by atoms with Crippen LogP contribution in [0.4, 0.5) is 0 Å². The maximum atomic E-state index is 5.33. The molecular weight excluding hydrogens is 160 g/mol. The van der Waals surface area contributed by atoms with Gasteiger partial charge in [0.2, 0.25) is 0 Å². The van der Waals surface area contributed by atoms with Crippen LogP contribution < -0.4 is 0 Å². The van der Waals surface area contributed by atoms with Crippen molar-refractivity contribution in [3.8, 4) is 0 Å². The molecular formula is C12H24O. The zero-order chi connectivity index (χ0) is 9.95. The summed E-state index contributed by atoms with van der Waals surface area (Å²) >= 11 is 0. The minimum absolute atomic E-state index is 0.335. The van der Waals surface area contributed by atoms with Crippen molar-refractivity contribution < 1.29 is 4.74 Å². The maximum Gasteiger partial charge on any atom is 0.0518 e. The van der Waals surface area contributed by atoms with E-state index in [1.165, 1.54) is 32.1 Å². The van der Waals surface area contributed by atoms with Crippen LogP contribution in [-0.2, 0) is 4.74 Å². The van der Waals surface area contributed by atoms with Crippen molar-refractivity contribution in [3.05, 3.63) is 0 Å². The maximum absolute atomic E-state index is 5.33. The number of hydrogen-bond donors (Lipinski definition) is 0. The number of methoxy groups -OCH3 is 1. The molecule has 1 saturated carbocycles. The average molecular weight is 184 g/mol. The van der Waals surface area contributed by atoms with E-state index in [0.717, 1.165) is 6.61 Å². The fourth-order valence-corrected chi connectivity index (χ4v) is 2.54. The summed E-state index contributed by atoms with van der Waals surface area (Å²) in [5.41, 5.74) is 0.837. The van der Waals surface area contributed by atoms with Crippen molar-refractivity contribution >= 4 is 0 Å². The normalized spacial score (nSPS) is 23.1. The lowest BCUT2D eigenvalue weighted by Gasteiger charge is -2.46. The van der Waals surface area contributed by atoms with Crippen LogP contribution >= 0.6 is 0 Å². The van der Waals surface area contributed by atoms with Crippen LogP contribution in [0.2, 0.25) is 0 Å². The van der Waals surface area contributed by atoms with E-state index in [0.29, 0.717) is 10.8 Å². The van der Waals surface area contributed by atoms with Gasteiger partial charge in [-0.2, -0.15) is 0 Å². The standard InChI is InChI=1S/C12H24O/c1-11(2,10-13-4)12(3)8-6-5-7-9-12/h5-10H2,1-4H3. The minimum Gasteiger partial charge on any atom is -0.384 e. The van der Waals surface area contributed by atoms with Gasteiger partial charge < -0.3 is 4.74 Å². The van der Waals surface area contributed by atoms with Gasteiger partial charge in [-0.1, -0.05) is 40.0 Å². The molecule has 1 heteroatoms. The smallest absolute Gasteiger partial charge is 0.0518 e. The van der Waals surface area contributed by atoms with Gasteiger partial charge in [-0.3, -0.25) is 0 Å². The molecule has 0 heterocycles. The second kappa shape index (κ2) is 4.00. The first-order valence-corrected chi connectivity index (χ1v) is 5.51. The Labute approximate surface area is 82.9 Å². The van der Waals surface area contributed by atoms with Crippen molar-refractivity contribution in [1.82, 2.24) is 0 Å². The molecule has 1 rings (SSSR count). The quantitative estimate of drug-likeness (QED) is 0.651. The Hall–Kier alpha value is -0.0400. The third-order valence-corrected chi connectivity index (χ3v) is 4.10. The van der Waals surface area contributed by atoms with Crippen LogP contribution in [0.5, 0.6) is 0 Å². The van der Waals surface area contributed by atoms with Crippen LogP contribution in [0.15, 0.2) is 0 Å². The van der Waals surface area contributed by atoms with Gasteiger partial charge in [0.15, 0.2) is 0 Å². The molecule has 0 aromatic rings. The number of rotatable bonds is 3. The zero-order valence-electron chi connectivity index (χ0n) is 9.65. The van der Waals surface area contributed by atoms with Crippen molar-refractivity contribution in [3.63, 3.8) is 0 Å². The Morgan fingerprint density at radius 1 is 1.15 bits per heavy atom. The highest BCUT2D eigenvalue weighted by Crippen LogP contribution is 2.49. The van der Waals surface area contributed by atoms with Gasteiger partial charge >= 0.3 is 0 Å². The Balaban J connectivity index is 2.64. The Bertz CT molecular complexity index is 155. The highest BCUT2D eigenvalue weighted by atomic mass is 16.5. The Morgan fingerprint density at radius 3 is 2.15 bits per heavy atom. The van der Waals surface area contributed by atoms with E-state index in [1.54, 1.807) is 0 Å². The largest absolute Gasteiger partial charge is 0.384 e. The summed E-state index contributed by atoms with van der Waals surface area (Å²) in [6.07, 6.45) is 7.00. The Kier molecular flexibility index (Phi) is 3.39. The molecule has 78 valence electrons. The van der Waals surface area contributed by atoms with E-state index in [9.17, 15) is 0 Å². The van der Waals surface area contributed by atoms with E-state index in [4.69, 9.17) is 4.74 Å². The molecule has 0 amide bonds. The fraction of sp³-hybridized carbons (Fsp3) is 1.00. The fourth-order valence-electron chi connectivity index (χ4n) is 2.54. The summed E-state index contributed by atoms with van der Waals surface area (Å²) in [6.45, 7) is 8.03. The Morgan fingerprint density at radius 2 is 1.69 bits per heavy atom. The molecule has 0 unspecified atom stereocenters. The van der Waals surface area contributed by atoms with Crippen molar-refractivity contribution in [2.45, 2.75) is 52.9 Å². The lowest BCUT2D eigenvalue weighted by molar-refractivity contribution is -0.0213. The number of ether oxygens (including phenoxy) is 1. The molecule has 1 aliphatic rings. The average Bonchev–Trinajstić information content (AvgIpc) is 2.05. The highest BCUT2D eigenvalue weighted by molar-refractivity contribution is 4.91. The first-order valence-electron chi connectivity index (χ1n) is 5.51. The summed E-state index contributed by atoms with van der Waals surface area (Å²) in [5.74, 6) is 0. The molecule has 1 fully saturated rings. The van der Waals surface area contributed by atoms with Crippen molar-refractivity contribution in [1.29, 1.82) is 0 Å². The molecule has 1 aliphatic carbocycles. The van der Waals surface area contributed by atoms with Gasteiger partial charge in [0.1, 0.15) is 0 Å². The first kappa shape index (κ1) is 11.0. The molecule has 0 N–H and O–H groups in total. The van der Waals surface area contributed by atoms with Crippen LogP contribution in [0.3, 0.4) is 0 Å². The molecule has 0 atom stereocenters. The molecule has 13 heavy (non-hydrogen) atoms. The van der Waals surface area contributed by atoms with Crippen LogP contribution in [0.1, 0.15) is 52.9 Å². The molecule has 0 aromatic carbocycles. The van der Waals surface area contributed by atoms with Crippen molar-refractivity contribution in [2.75, 3.05) is 13.7 Å². The SMILES string of the molecule is COCC(C)(C)C1(C)CCCCC1. The first-order chi connectivity index (χ1) is 6.02. The van der Waals surface area contributed by atoms with Gasteiger partial charge in [-0.05, 0) is 23.7 Å². The molecule has 0 radical (unpaired) electrons. The second-order valence-electron chi connectivity index (χ2n) is 5.44. The second-order valence-corrected chi connectivity index (χ2v) is 5.44. The summed E-state index contributed by atoms with van der Waals surface area (Å²) in [5, 5.41) is 0. The summed E-state index contributed by atoms with van der Waals surface area (Å²) in [7, 11) is 1.81. The molecule has 0 spiro atoms. The topological polar surface area (TPSA) is 9.23 Å². The van der Waals surface area contributed by atoms with E-state index in [2.05, 4.69) is 20.8 Å². The predicted octanol–water partition coefficient (Wildman–Crippen LogP) is 3.63. The molecule has 0 aromatic heterocycles. The minimum atomic E-state index is 0.335. The van der Waals surface area contributed by atoms with Gasteiger partial charge in [0, 0.05) is 7.11 Å². The number of hydrogen-bond acceptors (Lipinski definition) is 1. The monoisotopic (exact) mass is 184 g/mol.